The Balaban J connectivity index is 1.85. The summed E-state index contributed by atoms with van der Waals surface area (Å²) in [6.45, 7) is 4.00. The number of aromatic nitrogens is 2. The summed E-state index contributed by atoms with van der Waals surface area (Å²) in [4.78, 5) is 8.37. The molecule has 1 saturated carbocycles. The standard InChI is InChI=1S/C12H20N4/c1-2-13-11-7-12(16-9-15-11)14-8-10-5-3-4-6-10/h7,9-10H,2-6,8H2,1H3,(H2,13,14,15,16). The van der Waals surface area contributed by atoms with Crippen molar-refractivity contribution in [3.05, 3.63) is 12.4 Å². The van der Waals surface area contributed by atoms with Crippen LogP contribution in [0.15, 0.2) is 12.4 Å². The molecule has 0 radical (unpaired) electrons. The Labute approximate surface area is 96.9 Å². The third-order valence-corrected chi connectivity index (χ3v) is 3.07. The van der Waals surface area contributed by atoms with Gasteiger partial charge in [0.05, 0.1) is 0 Å². The van der Waals surface area contributed by atoms with E-state index < -0.39 is 0 Å². The summed E-state index contributed by atoms with van der Waals surface area (Å²) in [5.74, 6) is 2.65. The van der Waals surface area contributed by atoms with Gasteiger partial charge in [-0.1, -0.05) is 12.8 Å². The molecule has 1 aliphatic rings. The van der Waals surface area contributed by atoms with Gasteiger partial charge in [-0.05, 0) is 25.7 Å². The summed E-state index contributed by atoms with van der Waals surface area (Å²) in [5.41, 5.74) is 0. The van der Waals surface area contributed by atoms with Gasteiger partial charge in [0.1, 0.15) is 18.0 Å². The molecule has 0 aromatic carbocycles. The molecule has 2 N–H and O–H groups in total. The van der Waals surface area contributed by atoms with Gasteiger partial charge in [-0.3, -0.25) is 0 Å². The molecule has 88 valence electrons. The van der Waals surface area contributed by atoms with Crippen molar-refractivity contribution in [2.75, 3.05) is 23.7 Å². The van der Waals surface area contributed by atoms with Crippen LogP contribution in [-0.2, 0) is 0 Å². The molecule has 4 heteroatoms. The average molecular weight is 220 g/mol. The highest BCUT2D eigenvalue weighted by Gasteiger charge is 2.14. The van der Waals surface area contributed by atoms with E-state index in [9.17, 15) is 0 Å². The molecule has 4 nitrogen and oxygen atoms in total. The predicted octanol–water partition coefficient (Wildman–Crippen LogP) is 2.51. The van der Waals surface area contributed by atoms with E-state index in [-0.39, 0.29) is 0 Å². The van der Waals surface area contributed by atoms with Crippen molar-refractivity contribution in [3.8, 4) is 0 Å². The van der Waals surface area contributed by atoms with Gasteiger partial charge >= 0.3 is 0 Å². The zero-order valence-electron chi connectivity index (χ0n) is 9.87. The molecule has 1 aliphatic carbocycles. The van der Waals surface area contributed by atoms with Gasteiger partial charge in [-0.25, -0.2) is 9.97 Å². The molecule has 1 aromatic heterocycles. The number of hydrogen-bond donors (Lipinski definition) is 2. The second kappa shape index (κ2) is 5.68. The average Bonchev–Trinajstić information content (AvgIpc) is 2.80. The van der Waals surface area contributed by atoms with Gasteiger partial charge in [-0.2, -0.15) is 0 Å². The molecule has 1 heterocycles. The van der Waals surface area contributed by atoms with Crippen LogP contribution in [0.2, 0.25) is 0 Å². The van der Waals surface area contributed by atoms with Crippen LogP contribution in [0.25, 0.3) is 0 Å². The molecule has 1 aromatic rings. The maximum absolute atomic E-state index is 4.22. The fraction of sp³-hybridized carbons (Fsp3) is 0.667. The van der Waals surface area contributed by atoms with Crippen molar-refractivity contribution < 1.29 is 0 Å². The molecule has 16 heavy (non-hydrogen) atoms. The molecule has 2 rings (SSSR count). The monoisotopic (exact) mass is 220 g/mol. The van der Waals surface area contributed by atoms with Gasteiger partial charge in [-0.15, -0.1) is 0 Å². The first-order chi connectivity index (χ1) is 7.88. The topological polar surface area (TPSA) is 49.8 Å². The van der Waals surface area contributed by atoms with Crippen LogP contribution >= 0.6 is 0 Å². The first kappa shape index (κ1) is 11.2. The second-order valence-corrected chi connectivity index (χ2v) is 4.35. The normalized spacial score (nSPS) is 16.3. The summed E-state index contributed by atoms with van der Waals surface area (Å²) < 4.78 is 0. The lowest BCUT2D eigenvalue weighted by Crippen LogP contribution is -2.12. The van der Waals surface area contributed by atoms with Crippen LogP contribution < -0.4 is 10.6 Å². The van der Waals surface area contributed by atoms with E-state index in [2.05, 4.69) is 27.5 Å². The minimum Gasteiger partial charge on any atom is -0.370 e. The van der Waals surface area contributed by atoms with Crippen LogP contribution in [-0.4, -0.2) is 23.1 Å². The maximum atomic E-state index is 4.22. The lowest BCUT2D eigenvalue weighted by atomic mass is 10.1. The van der Waals surface area contributed by atoms with E-state index in [0.29, 0.717) is 0 Å². The van der Waals surface area contributed by atoms with E-state index in [1.807, 2.05) is 6.07 Å². The summed E-state index contributed by atoms with van der Waals surface area (Å²) >= 11 is 0. The fourth-order valence-electron chi connectivity index (χ4n) is 2.20. The molecule has 0 bridgehead atoms. The predicted molar refractivity (Wildman–Crippen MR) is 66.6 cm³/mol. The molecule has 0 amide bonds. The zero-order valence-corrected chi connectivity index (χ0v) is 9.87. The zero-order chi connectivity index (χ0) is 11.2. The third kappa shape index (κ3) is 3.08. The van der Waals surface area contributed by atoms with Crippen LogP contribution in [0.1, 0.15) is 32.6 Å². The second-order valence-electron chi connectivity index (χ2n) is 4.35. The van der Waals surface area contributed by atoms with Gasteiger partial charge < -0.3 is 10.6 Å². The van der Waals surface area contributed by atoms with E-state index in [1.54, 1.807) is 6.33 Å². The number of anilines is 2. The highest BCUT2D eigenvalue weighted by atomic mass is 15.1. The van der Waals surface area contributed by atoms with Crippen molar-refractivity contribution in [2.45, 2.75) is 32.6 Å². The first-order valence-corrected chi connectivity index (χ1v) is 6.18. The van der Waals surface area contributed by atoms with Gasteiger partial charge in [0.15, 0.2) is 0 Å². The maximum Gasteiger partial charge on any atom is 0.131 e. The molecule has 0 aliphatic heterocycles. The molecule has 0 spiro atoms. The Morgan fingerprint density at radius 2 is 1.88 bits per heavy atom. The highest BCUT2D eigenvalue weighted by molar-refractivity contribution is 5.46. The van der Waals surface area contributed by atoms with E-state index in [4.69, 9.17) is 0 Å². The minimum atomic E-state index is 0.831. The molecule has 1 fully saturated rings. The van der Waals surface area contributed by atoms with Crippen molar-refractivity contribution in [1.29, 1.82) is 0 Å². The number of nitrogens with one attached hydrogen (secondary N) is 2. The van der Waals surface area contributed by atoms with Gasteiger partial charge in [0.25, 0.3) is 0 Å². The number of rotatable bonds is 5. The third-order valence-electron chi connectivity index (χ3n) is 3.07. The lowest BCUT2D eigenvalue weighted by molar-refractivity contribution is 0.579. The van der Waals surface area contributed by atoms with E-state index >= 15 is 0 Å². The van der Waals surface area contributed by atoms with Crippen LogP contribution in [0.3, 0.4) is 0 Å². The van der Waals surface area contributed by atoms with Crippen molar-refractivity contribution in [1.82, 2.24) is 9.97 Å². The molecular formula is C12H20N4. The van der Waals surface area contributed by atoms with Crippen molar-refractivity contribution in [2.24, 2.45) is 5.92 Å². The summed E-state index contributed by atoms with van der Waals surface area (Å²) in [6.07, 6.45) is 7.10. The summed E-state index contributed by atoms with van der Waals surface area (Å²) in [6, 6.07) is 1.97. The number of nitrogens with zero attached hydrogens (tertiary/aromatic N) is 2. The number of hydrogen-bond acceptors (Lipinski definition) is 4. The summed E-state index contributed by atoms with van der Waals surface area (Å²) in [5, 5.41) is 6.58. The van der Waals surface area contributed by atoms with Gasteiger partial charge in [0, 0.05) is 19.2 Å². The minimum absolute atomic E-state index is 0.831. The van der Waals surface area contributed by atoms with E-state index in [0.717, 1.165) is 30.6 Å². The molecular weight excluding hydrogens is 200 g/mol. The Bertz CT molecular complexity index is 321. The fourth-order valence-corrected chi connectivity index (χ4v) is 2.20. The lowest BCUT2D eigenvalue weighted by Gasteiger charge is -2.11. The Kier molecular flexibility index (Phi) is 3.97. The van der Waals surface area contributed by atoms with Crippen LogP contribution in [0, 0.1) is 5.92 Å². The molecule has 0 saturated heterocycles. The quantitative estimate of drug-likeness (QED) is 0.800. The Morgan fingerprint density at radius 1 is 1.19 bits per heavy atom. The van der Waals surface area contributed by atoms with Gasteiger partial charge in [0.2, 0.25) is 0 Å². The SMILES string of the molecule is CCNc1cc(NCC2CCCC2)ncn1. The highest BCUT2D eigenvalue weighted by Crippen LogP contribution is 2.24. The molecule has 0 atom stereocenters. The Morgan fingerprint density at radius 3 is 2.56 bits per heavy atom. The first-order valence-electron chi connectivity index (χ1n) is 6.18. The van der Waals surface area contributed by atoms with E-state index in [1.165, 1.54) is 25.7 Å². The summed E-state index contributed by atoms with van der Waals surface area (Å²) in [7, 11) is 0. The van der Waals surface area contributed by atoms with Crippen LogP contribution in [0.5, 0.6) is 0 Å². The smallest absolute Gasteiger partial charge is 0.131 e. The van der Waals surface area contributed by atoms with Crippen molar-refractivity contribution >= 4 is 11.6 Å². The molecule has 0 unspecified atom stereocenters. The van der Waals surface area contributed by atoms with Crippen LogP contribution in [0.4, 0.5) is 11.6 Å². The Hall–Kier alpha value is -1.32. The largest absolute Gasteiger partial charge is 0.370 e. The van der Waals surface area contributed by atoms with Crippen molar-refractivity contribution in [3.63, 3.8) is 0 Å².